The van der Waals surface area contributed by atoms with Gasteiger partial charge >= 0.3 is 12.0 Å². The van der Waals surface area contributed by atoms with E-state index in [0.29, 0.717) is 18.2 Å². The first-order chi connectivity index (χ1) is 9.15. The van der Waals surface area contributed by atoms with Crippen LogP contribution in [-0.2, 0) is 4.79 Å². The fourth-order valence-corrected chi connectivity index (χ4v) is 3.17. The van der Waals surface area contributed by atoms with Crippen LogP contribution in [0.2, 0.25) is 0 Å². The van der Waals surface area contributed by atoms with Crippen molar-refractivity contribution in [3.05, 3.63) is 30.3 Å². The zero-order valence-electron chi connectivity index (χ0n) is 10.7. The summed E-state index contributed by atoms with van der Waals surface area (Å²) in [5, 5.41) is 9.13. The van der Waals surface area contributed by atoms with Crippen molar-refractivity contribution in [1.29, 1.82) is 0 Å². The van der Waals surface area contributed by atoms with Crippen molar-refractivity contribution >= 4 is 29.4 Å². The maximum absolute atomic E-state index is 12.5. The lowest BCUT2D eigenvalue weighted by atomic mass is 10.2. The fraction of sp³-hybridized carbons (Fsp3) is 0.385. The molecule has 0 spiro atoms. The Morgan fingerprint density at radius 2 is 2.11 bits per heavy atom. The molecule has 1 saturated heterocycles. The molecule has 0 bridgehead atoms. The summed E-state index contributed by atoms with van der Waals surface area (Å²) in [4.78, 5) is 26.6. The van der Waals surface area contributed by atoms with Crippen LogP contribution in [0.25, 0.3) is 0 Å². The van der Waals surface area contributed by atoms with Crippen LogP contribution < -0.4 is 4.90 Å². The highest BCUT2D eigenvalue weighted by Gasteiger charge is 2.36. The molecule has 1 heterocycles. The van der Waals surface area contributed by atoms with Gasteiger partial charge in [-0.25, -0.2) is 9.59 Å². The predicted molar refractivity (Wildman–Crippen MR) is 75.4 cm³/mol. The van der Waals surface area contributed by atoms with Gasteiger partial charge in [0.05, 0.1) is 5.88 Å². The number of hydrogen-bond donors (Lipinski definition) is 1. The minimum Gasteiger partial charge on any atom is -0.480 e. The van der Waals surface area contributed by atoms with Crippen molar-refractivity contribution in [3.8, 4) is 0 Å². The molecule has 19 heavy (non-hydrogen) atoms. The molecule has 0 aromatic heterocycles. The normalized spacial score (nSPS) is 18.4. The third-order valence-electron chi connectivity index (χ3n) is 3.03. The number of nitrogens with zero attached hydrogens (tertiary/aromatic N) is 2. The molecule has 0 unspecified atom stereocenters. The summed E-state index contributed by atoms with van der Waals surface area (Å²) in [5.74, 6) is -0.0607. The van der Waals surface area contributed by atoms with Gasteiger partial charge in [-0.3, -0.25) is 4.90 Å². The second-order valence-corrected chi connectivity index (χ2v) is 5.19. The Morgan fingerprint density at radius 1 is 1.42 bits per heavy atom. The number of para-hydroxylation sites is 1. The van der Waals surface area contributed by atoms with Gasteiger partial charge in [-0.2, -0.15) is 0 Å². The highest BCUT2D eigenvalue weighted by molar-refractivity contribution is 7.99. The van der Waals surface area contributed by atoms with Crippen molar-refractivity contribution in [3.63, 3.8) is 0 Å². The third kappa shape index (κ3) is 2.84. The lowest BCUT2D eigenvalue weighted by Crippen LogP contribution is -2.48. The first-order valence-corrected chi connectivity index (χ1v) is 7.24. The van der Waals surface area contributed by atoms with E-state index in [4.69, 9.17) is 5.11 Å². The summed E-state index contributed by atoms with van der Waals surface area (Å²) in [6.07, 6.45) is 0. The van der Waals surface area contributed by atoms with E-state index in [1.807, 2.05) is 37.3 Å². The third-order valence-corrected chi connectivity index (χ3v) is 4.04. The van der Waals surface area contributed by atoms with E-state index < -0.39 is 12.0 Å². The molecule has 1 aromatic carbocycles. The summed E-state index contributed by atoms with van der Waals surface area (Å²) >= 11 is 1.47. The summed E-state index contributed by atoms with van der Waals surface area (Å²) in [5.41, 5.74) is 0.788. The van der Waals surface area contributed by atoms with Crippen LogP contribution in [0, 0.1) is 0 Å². The van der Waals surface area contributed by atoms with E-state index in [-0.39, 0.29) is 6.03 Å². The van der Waals surface area contributed by atoms with Gasteiger partial charge in [-0.05, 0) is 19.1 Å². The van der Waals surface area contributed by atoms with Gasteiger partial charge in [0.1, 0.15) is 6.04 Å². The Balaban J connectivity index is 2.19. The van der Waals surface area contributed by atoms with Crippen LogP contribution >= 0.6 is 11.8 Å². The molecule has 1 aliphatic rings. The van der Waals surface area contributed by atoms with Gasteiger partial charge in [-0.15, -0.1) is 11.8 Å². The average molecular weight is 280 g/mol. The Labute approximate surface area is 116 Å². The Morgan fingerprint density at radius 3 is 2.68 bits per heavy atom. The Bertz CT molecular complexity index is 466. The van der Waals surface area contributed by atoms with Gasteiger partial charge in [0, 0.05) is 18.0 Å². The van der Waals surface area contributed by atoms with E-state index in [9.17, 15) is 9.59 Å². The number of aliphatic carboxylic acids is 1. The molecule has 2 rings (SSSR count). The van der Waals surface area contributed by atoms with E-state index >= 15 is 0 Å². The molecular weight excluding hydrogens is 264 g/mol. The van der Waals surface area contributed by atoms with Crippen molar-refractivity contribution < 1.29 is 14.7 Å². The number of rotatable bonds is 3. The Hall–Kier alpha value is -1.69. The molecule has 102 valence electrons. The standard InChI is InChI=1S/C13H16N2O3S/c1-2-14(10-6-4-3-5-7-10)13(18)15-9-19-8-11(15)12(16)17/h3-7,11H,2,8-9H2,1H3,(H,16,17)/t11-/m0/s1. The van der Waals surface area contributed by atoms with Gasteiger partial charge in [0.15, 0.2) is 0 Å². The van der Waals surface area contributed by atoms with Crippen molar-refractivity contribution in [2.75, 3.05) is 23.1 Å². The smallest absolute Gasteiger partial charge is 0.327 e. The number of carboxylic acid groups (broad SMARTS) is 1. The largest absolute Gasteiger partial charge is 0.480 e. The summed E-state index contributed by atoms with van der Waals surface area (Å²) in [7, 11) is 0. The van der Waals surface area contributed by atoms with E-state index in [2.05, 4.69) is 0 Å². The van der Waals surface area contributed by atoms with Gasteiger partial charge < -0.3 is 10.0 Å². The van der Waals surface area contributed by atoms with Crippen LogP contribution in [-0.4, -0.2) is 46.2 Å². The molecule has 1 aromatic rings. The zero-order chi connectivity index (χ0) is 13.8. The first-order valence-electron chi connectivity index (χ1n) is 6.09. The first kappa shape index (κ1) is 13.7. The predicted octanol–water partition coefficient (Wildman–Crippen LogP) is 2.09. The maximum atomic E-state index is 12.5. The molecule has 1 N–H and O–H groups in total. The SMILES string of the molecule is CCN(C(=O)N1CSC[C@H]1C(=O)O)c1ccccc1. The Kier molecular flexibility index (Phi) is 4.31. The molecule has 1 aliphatic heterocycles. The van der Waals surface area contributed by atoms with Crippen molar-refractivity contribution in [1.82, 2.24) is 4.90 Å². The summed E-state index contributed by atoms with van der Waals surface area (Å²) in [6.45, 7) is 2.39. The van der Waals surface area contributed by atoms with Gasteiger partial charge in [-0.1, -0.05) is 18.2 Å². The fourth-order valence-electron chi connectivity index (χ4n) is 2.03. The number of carboxylic acids is 1. The van der Waals surface area contributed by atoms with E-state index in [1.165, 1.54) is 16.7 Å². The molecule has 0 aliphatic carbocycles. The number of hydrogen-bond acceptors (Lipinski definition) is 3. The zero-order valence-corrected chi connectivity index (χ0v) is 11.5. The van der Waals surface area contributed by atoms with E-state index in [1.54, 1.807) is 4.90 Å². The highest BCUT2D eigenvalue weighted by atomic mass is 32.2. The van der Waals surface area contributed by atoms with Crippen LogP contribution in [0.15, 0.2) is 30.3 Å². The topological polar surface area (TPSA) is 60.9 Å². The van der Waals surface area contributed by atoms with Crippen LogP contribution in [0.4, 0.5) is 10.5 Å². The molecule has 5 nitrogen and oxygen atoms in total. The lowest BCUT2D eigenvalue weighted by molar-refractivity contribution is -0.140. The highest BCUT2D eigenvalue weighted by Crippen LogP contribution is 2.24. The quantitative estimate of drug-likeness (QED) is 0.921. The van der Waals surface area contributed by atoms with E-state index in [0.717, 1.165) is 5.69 Å². The number of carbonyl (C=O) groups excluding carboxylic acids is 1. The van der Waals surface area contributed by atoms with Crippen LogP contribution in [0.5, 0.6) is 0 Å². The van der Waals surface area contributed by atoms with Crippen molar-refractivity contribution in [2.24, 2.45) is 0 Å². The average Bonchev–Trinajstić information content (AvgIpc) is 2.90. The number of anilines is 1. The van der Waals surface area contributed by atoms with Gasteiger partial charge in [0.25, 0.3) is 0 Å². The van der Waals surface area contributed by atoms with Crippen molar-refractivity contribution in [2.45, 2.75) is 13.0 Å². The number of thioether (sulfide) groups is 1. The molecule has 1 fully saturated rings. The lowest BCUT2D eigenvalue weighted by Gasteiger charge is -2.29. The number of amides is 2. The second-order valence-electron chi connectivity index (χ2n) is 4.19. The molecular formula is C13H16N2O3S. The maximum Gasteiger partial charge on any atom is 0.327 e. The molecule has 1 atom stereocenters. The minimum atomic E-state index is -0.942. The summed E-state index contributed by atoms with van der Waals surface area (Å²) < 4.78 is 0. The number of carbonyl (C=O) groups is 2. The molecule has 2 amide bonds. The number of benzene rings is 1. The van der Waals surface area contributed by atoms with Crippen LogP contribution in [0.3, 0.4) is 0 Å². The second kappa shape index (κ2) is 5.97. The summed E-state index contributed by atoms with van der Waals surface area (Å²) in [6, 6.07) is 8.33. The molecule has 0 radical (unpaired) electrons. The van der Waals surface area contributed by atoms with Gasteiger partial charge in [0.2, 0.25) is 0 Å². The molecule has 6 heteroatoms. The minimum absolute atomic E-state index is 0.244. The van der Waals surface area contributed by atoms with Crippen LogP contribution in [0.1, 0.15) is 6.92 Å². The molecule has 0 saturated carbocycles. The number of urea groups is 1. The monoisotopic (exact) mass is 280 g/mol.